The van der Waals surface area contributed by atoms with Crippen LogP contribution >= 0.6 is 0 Å². The molecule has 0 spiro atoms. The van der Waals surface area contributed by atoms with Crippen LogP contribution in [0.25, 0.3) is 17.0 Å². The quantitative estimate of drug-likeness (QED) is 0.476. The molecule has 0 saturated carbocycles. The van der Waals surface area contributed by atoms with Gasteiger partial charge in [0.15, 0.2) is 23.5 Å². The maximum atomic E-state index is 14.0. The van der Waals surface area contributed by atoms with Crippen LogP contribution in [-0.4, -0.2) is 25.9 Å². The number of hydrogen-bond donors (Lipinski definition) is 1. The van der Waals surface area contributed by atoms with E-state index in [-0.39, 0.29) is 10.4 Å². The predicted molar refractivity (Wildman–Crippen MR) is 101 cm³/mol. The first-order chi connectivity index (χ1) is 14.8. The summed E-state index contributed by atoms with van der Waals surface area (Å²) in [4.78, 5) is 16.5. The number of rotatable bonds is 4. The van der Waals surface area contributed by atoms with E-state index in [1.165, 1.54) is 30.7 Å². The lowest BCUT2D eigenvalue weighted by atomic mass is 10.1. The summed E-state index contributed by atoms with van der Waals surface area (Å²) >= 11 is 0. The molecule has 0 atom stereocenters. The van der Waals surface area contributed by atoms with E-state index in [4.69, 9.17) is 4.42 Å². The van der Waals surface area contributed by atoms with Crippen molar-refractivity contribution in [1.82, 2.24) is 20.0 Å². The normalized spacial score (nSPS) is 11.5. The lowest BCUT2D eigenvalue weighted by molar-refractivity contribution is -0.143. The number of aryl methyl sites for hydroxylation is 1. The van der Waals surface area contributed by atoms with Gasteiger partial charge in [-0.1, -0.05) is 17.3 Å². The van der Waals surface area contributed by atoms with Crippen molar-refractivity contribution in [2.75, 3.05) is 5.32 Å². The van der Waals surface area contributed by atoms with Crippen LogP contribution in [-0.2, 0) is 6.18 Å². The van der Waals surface area contributed by atoms with Gasteiger partial charge in [0.05, 0.1) is 5.69 Å². The third-order valence-electron chi connectivity index (χ3n) is 4.38. The first-order valence-corrected chi connectivity index (χ1v) is 8.85. The largest absolute Gasteiger partial charge is 0.443 e. The molecule has 0 fully saturated rings. The molecule has 0 aliphatic carbocycles. The van der Waals surface area contributed by atoms with Crippen molar-refractivity contribution in [2.45, 2.75) is 13.1 Å². The number of halogens is 4. The summed E-state index contributed by atoms with van der Waals surface area (Å²) in [5.74, 6) is -1.55. The average molecular weight is 431 g/mol. The van der Waals surface area contributed by atoms with Gasteiger partial charge in [0.25, 0.3) is 5.91 Å². The van der Waals surface area contributed by atoms with Crippen LogP contribution in [0, 0.1) is 12.7 Å². The van der Waals surface area contributed by atoms with Gasteiger partial charge in [-0.3, -0.25) is 4.79 Å². The molecule has 0 unspecified atom stereocenters. The summed E-state index contributed by atoms with van der Waals surface area (Å²) in [6.45, 7) is 1.76. The molecule has 1 N–H and O–H groups in total. The second kappa shape index (κ2) is 7.67. The van der Waals surface area contributed by atoms with Crippen LogP contribution in [0.3, 0.4) is 0 Å². The van der Waals surface area contributed by atoms with Gasteiger partial charge >= 0.3 is 6.18 Å². The molecular weight excluding hydrogens is 418 g/mol. The summed E-state index contributed by atoms with van der Waals surface area (Å²) in [5.41, 5.74) is -1.38. The van der Waals surface area contributed by atoms with Crippen molar-refractivity contribution < 1.29 is 26.8 Å². The zero-order valence-electron chi connectivity index (χ0n) is 15.8. The van der Waals surface area contributed by atoms with Crippen LogP contribution in [0.4, 0.5) is 23.2 Å². The zero-order chi connectivity index (χ0) is 22.2. The Kier molecular flexibility index (Phi) is 5.01. The number of alkyl halides is 3. The fourth-order valence-corrected chi connectivity index (χ4v) is 2.96. The van der Waals surface area contributed by atoms with E-state index in [2.05, 4.69) is 20.6 Å². The average Bonchev–Trinajstić information content (AvgIpc) is 3.35. The highest BCUT2D eigenvalue weighted by Crippen LogP contribution is 2.33. The first kappa shape index (κ1) is 20.3. The second-order valence-electron chi connectivity index (χ2n) is 6.45. The molecular formula is C20H13F4N5O2. The van der Waals surface area contributed by atoms with Gasteiger partial charge in [0.1, 0.15) is 11.5 Å². The van der Waals surface area contributed by atoms with E-state index in [0.29, 0.717) is 17.0 Å². The number of oxazole rings is 1. The van der Waals surface area contributed by atoms with Gasteiger partial charge in [0.2, 0.25) is 0 Å². The van der Waals surface area contributed by atoms with Crippen molar-refractivity contribution >= 4 is 11.6 Å². The Morgan fingerprint density at radius 3 is 2.42 bits per heavy atom. The van der Waals surface area contributed by atoms with Gasteiger partial charge in [0, 0.05) is 11.3 Å². The number of benzene rings is 2. The lowest BCUT2D eigenvalue weighted by Crippen LogP contribution is -2.21. The van der Waals surface area contributed by atoms with Crippen molar-refractivity contribution in [3.63, 3.8) is 0 Å². The van der Waals surface area contributed by atoms with Gasteiger partial charge in [-0.25, -0.2) is 14.1 Å². The van der Waals surface area contributed by atoms with E-state index in [1.807, 2.05) is 0 Å². The molecule has 158 valence electrons. The summed E-state index contributed by atoms with van der Waals surface area (Å²) in [6, 6.07) is 11.0. The molecule has 11 heteroatoms. The molecule has 2 aromatic heterocycles. The fraction of sp³-hybridized carbons (Fsp3) is 0.100. The Morgan fingerprint density at radius 1 is 1.10 bits per heavy atom. The van der Waals surface area contributed by atoms with E-state index in [0.717, 1.165) is 12.1 Å². The molecule has 0 bridgehead atoms. The lowest BCUT2D eigenvalue weighted by Gasteiger charge is -2.12. The highest BCUT2D eigenvalue weighted by Gasteiger charge is 2.42. The van der Waals surface area contributed by atoms with Gasteiger partial charge in [-0.15, -0.1) is 5.10 Å². The topological polar surface area (TPSA) is 85.8 Å². The molecule has 7 nitrogen and oxygen atoms in total. The number of amides is 1. The number of carbonyl (C=O) groups excluding carboxylic acids is 1. The molecule has 0 radical (unpaired) electrons. The number of nitrogens with zero attached hydrogens (tertiary/aromatic N) is 4. The summed E-state index contributed by atoms with van der Waals surface area (Å²) in [5, 5.41) is 9.06. The van der Waals surface area contributed by atoms with Crippen molar-refractivity contribution in [3.05, 3.63) is 77.8 Å². The Morgan fingerprint density at radius 2 is 1.81 bits per heavy atom. The number of carbonyl (C=O) groups is 1. The minimum absolute atomic E-state index is 0.222. The Labute approximate surface area is 172 Å². The monoisotopic (exact) mass is 431 g/mol. The molecule has 0 aliphatic heterocycles. The van der Waals surface area contributed by atoms with Crippen LogP contribution in [0.2, 0.25) is 0 Å². The highest BCUT2D eigenvalue weighted by molar-refractivity contribution is 6.03. The number of aromatic nitrogens is 4. The number of para-hydroxylation sites is 1. The fourth-order valence-electron chi connectivity index (χ4n) is 2.96. The molecule has 31 heavy (non-hydrogen) atoms. The number of hydrogen-bond acceptors (Lipinski definition) is 5. The minimum Gasteiger partial charge on any atom is -0.443 e. The molecule has 2 aromatic carbocycles. The Balaban J connectivity index is 1.65. The molecule has 0 aliphatic rings. The summed E-state index contributed by atoms with van der Waals surface area (Å²) in [6.07, 6.45) is -3.72. The summed E-state index contributed by atoms with van der Waals surface area (Å²) < 4.78 is 60.6. The van der Waals surface area contributed by atoms with Crippen molar-refractivity contribution in [2.24, 2.45) is 0 Å². The maximum absolute atomic E-state index is 14.0. The first-order valence-electron chi connectivity index (χ1n) is 8.85. The molecule has 4 aromatic rings. The van der Waals surface area contributed by atoms with E-state index >= 15 is 0 Å². The second-order valence-corrected chi connectivity index (χ2v) is 6.45. The number of anilines is 1. The molecule has 2 heterocycles. The van der Waals surface area contributed by atoms with Gasteiger partial charge in [-0.2, -0.15) is 13.2 Å². The smallest absolute Gasteiger partial charge is 0.435 e. The van der Waals surface area contributed by atoms with Crippen LogP contribution in [0.5, 0.6) is 0 Å². The maximum Gasteiger partial charge on any atom is 0.435 e. The molecule has 4 rings (SSSR count). The third-order valence-corrected chi connectivity index (χ3v) is 4.38. The molecule has 1 amide bonds. The minimum atomic E-state index is -5.01. The van der Waals surface area contributed by atoms with Crippen LogP contribution < -0.4 is 5.32 Å². The van der Waals surface area contributed by atoms with Crippen LogP contribution in [0.15, 0.2) is 59.3 Å². The van der Waals surface area contributed by atoms with Crippen LogP contribution in [0.1, 0.15) is 21.9 Å². The van der Waals surface area contributed by atoms with Gasteiger partial charge in [-0.05, 0) is 43.3 Å². The molecule has 0 saturated heterocycles. The number of nitrogens with one attached hydrogen (secondary N) is 1. The van der Waals surface area contributed by atoms with E-state index in [1.54, 1.807) is 19.1 Å². The van der Waals surface area contributed by atoms with Crippen molar-refractivity contribution in [1.29, 1.82) is 0 Å². The predicted octanol–water partition coefficient (Wildman–Crippen LogP) is 4.64. The van der Waals surface area contributed by atoms with E-state index < -0.39 is 35.0 Å². The Bertz CT molecular complexity index is 1250. The van der Waals surface area contributed by atoms with Gasteiger partial charge < -0.3 is 9.73 Å². The zero-order valence-corrected chi connectivity index (χ0v) is 15.8. The SMILES string of the molecule is Cc1ncoc1-c1ccc(NC(=O)c2nnn(-c3ccccc3F)c2C(F)(F)F)cc1. The van der Waals surface area contributed by atoms with Crippen molar-refractivity contribution in [3.8, 4) is 17.0 Å². The summed E-state index contributed by atoms with van der Waals surface area (Å²) in [7, 11) is 0. The standard InChI is InChI=1S/C20H13F4N5O2/c1-11-17(31-10-25-11)12-6-8-13(9-7-12)26-19(30)16-18(20(22,23)24)29(28-27-16)15-5-3-2-4-14(15)21/h2-10H,1H3,(H,26,30). The third kappa shape index (κ3) is 3.89. The highest BCUT2D eigenvalue weighted by atomic mass is 19.4. The Hall–Kier alpha value is -4.02. The van der Waals surface area contributed by atoms with E-state index in [9.17, 15) is 22.4 Å².